The van der Waals surface area contributed by atoms with E-state index in [0.29, 0.717) is 17.0 Å². The van der Waals surface area contributed by atoms with E-state index in [4.69, 9.17) is 12.2 Å². The third kappa shape index (κ3) is 2.87. The van der Waals surface area contributed by atoms with Crippen molar-refractivity contribution in [2.45, 2.75) is 6.42 Å². The number of nitrogens with zero attached hydrogens (tertiary/aromatic N) is 6. The van der Waals surface area contributed by atoms with Crippen molar-refractivity contribution in [1.82, 2.24) is 40.2 Å². The van der Waals surface area contributed by atoms with Crippen molar-refractivity contribution in [2.24, 2.45) is 0 Å². The SMILES string of the molecule is S=c1[nH]nc2c(Cc3ccc(-c4ccccc4-c4nn[nH]n4)cc3)cncn12. The van der Waals surface area contributed by atoms with E-state index in [1.165, 1.54) is 0 Å². The van der Waals surface area contributed by atoms with Gasteiger partial charge in [-0.3, -0.25) is 9.50 Å². The number of hydrogen-bond donors (Lipinski definition) is 2. The Balaban J connectivity index is 1.48. The second-order valence-corrected chi connectivity index (χ2v) is 6.68. The highest BCUT2D eigenvalue weighted by molar-refractivity contribution is 7.71. The molecule has 0 aliphatic rings. The maximum Gasteiger partial charge on any atom is 0.205 e. The van der Waals surface area contributed by atoms with E-state index in [2.05, 4.69) is 66.1 Å². The molecule has 8 nitrogen and oxygen atoms in total. The van der Waals surface area contributed by atoms with Gasteiger partial charge in [0.15, 0.2) is 5.65 Å². The minimum Gasteiger partial charge on any atom is -0.258 e. The zero-order chi connectivity index (χ0) is 18.9. The molecule has 5 aromatic rings. The van der Waals surface area contributed by atoms with E-state index in [1.54, 1.807) is 10.7 Å². The minimum absolute atomic E-state index is 0.540. The summed E-state index contributed by atoms with van der Waals surface area (Å²) in [7, 11) is 0. The summed E-state index contributed by atoms with van der Waals surface area (Å²) in [4.78, 5) is 4.26. The molecule has 0 saturated heterocycles. The van der Waals surface area contributed by atoms with Gasteiger partial charge in [-0.1, -0.05) is 48.5 Å². The summed E-state index contributed by atoms with van der Waals surface area (Å²) in [6.07, 6.45) is 4.21. The number of nitrogens with one attached hydrogen (secondary N) is 2. The van der Waals surface area contributed by atoms with Gasteiger partial charge >= 0.3 is 0 Å². The Morgan fingerprint density at radius 3 is 2.57 bits per heavy atom. The summed E-state index contributed by atoms with van der Waals surface area (Å²) >= 11 is 5.22. The largest absolute Gasteiger partial charge is 0.258 e. The van der Waals surface area contributed by atoms with Crippen molar-refractivity contribution in [3.63, 3.8) is 0 Å². The van der Waals surface area contributed by atoms with Crippen LogP contribution in [0.2, 0.25) is 0 Å². The summed E-state index contributed by atoms with van der Waals surface area (Å²) < 4.78 is 2.32. The number of aromatic nitrogens is 8. The molecule has 0 spiro atoms. The van der Waals surface area contributed by atoms with Crippen LogP contribution in [0.5, 0.6) is 0 Å². The summed E-state index contributed by atoms with van der Waals surface area (Å²) in [5.41, 5.74) is 6.04. The predicted octanol–water partition coefficient (Wildman–Crippen LogP) is 3.22. The van der Waals surface area contributed by atoms with E-state index in [1.807, 2.05) is 24.4 Å². The normalized spacial score (nSPS) is 11.1. The quantitative estimate of drug-likeness (QED) is 0.460. The van der Waals surface area contributed by atoms with Gasteiger partial charge in [0, 0.05) is 23.7 Å². The lowest BCUT2D eigenvalue weighted by Crippen LogP contribution is -1.96. The zero-order valence-electron chi connectivity index (χ0n) is 14.6. The topological polar surface area (TPSA) is 100 Å². The molecular formula is C19H14N8S. The Labute approximate surface area is 164 Å². The van der Waals surface area contributed by atoms with Gasteiger partial charge in [-0.2, -0.15) is 10.3 Å². The first kappa shape index (κ1) is 16.5. The van der Waals surface area contributed by atoms with Crippen LogP contribution in [-0.2, 0) is 6.42 Å². The van der Waals surface area contributed by atoms with Crippen molar-refractivity contribution < 1.29 is 0 Å². The van der Waals surface area contributed by atoms with Gasteiger partial charge in [0.25, 0.3) is 0 Å². The predicted molar refractivity (Wildman–Crippen MR) is 106 cm³/mol. The summed E-state index contributed by atoms with van der Waals surface area (Å²) in [5.74, 6) is 0.577. The highest BCUT2D eigenvalue weighted by Gasteiger charge is 2.11. The van der Waals surface area contributed by atoms with Crippen LogP contribution in [0, 0.1) is 4.77 Å². The summed E-state index contributed by atoms with van der Waals surface area (Å²) in [6, 6.07) is 16.4. The second kappa shape index (κ2) is 6.78. The van der Waals surface area contributed by atoms with E-state index in [-0.39, 0.29) is 0 Å². The van der Waals surface area contributed by atoms with Crippen LogP contribution >= 0.6 is 12.2 Å². The first-order valence-corrected chi connectivity index (χ1v) is 9.02. The van der Waals surface area contributed by atoms with Crippen molar-refractivity contribution in [3.8, 4) is 22.5 Å². The van der Waals surface area contributed by atoms with Gasteiger partial charge < -0.3 is 0 Å². The molecule has 9 heteroatoms. The molecular weight excluding hydrogens is 372 g/mol. The molecule has 0 aliphatic heterocycles. The molecule has 0 saturated carbocycles. The average Bonchev–Trinajstić information content (AvgIpc) is 3.40. The van der Waals surface area contributed by atoms with Gasteiger partial charge in [-0.15, -0.1) is 10.2 Å². The lowest BCUT2D eigenvalue weighted by Gasteiger charge is -2.08. The van der Waals surface area contributed by atoms with Crippen LogP contribution in [0.25, 0.3) is 28.2 Å². The smallest absolute Gasteiger partial charge is 0.205 e. The first-order chi connectivity index (χ1) is 13.8. The number of rotatable bonds is 4. The van der Waals surface area contributed by atoms with E-state index >= 15 is 0 Å². The number of fused-ring (bicyclic) bond motifs is 1. The number of aromatic amines is 2. The van der Waals surface area contributed by atoms with Crippen molar-refractivity contribution in [1.29, 1.82) is 0 Å². The molecule has 0 fully saturated rings. The molecule has 136 valence electrons. The molecule has 0 unspecified atom stereocenters. The Hall–Kier alpha value is -3.72. The fourth-order valence-electron chi connectivity index (χ4n) is 3.24. The van der Waals surface area contributed by atoms with Crippen molar-refractivity contribution in [2.75, 3.05) is 0 Å². The average molecular weight is 386 g/mol. The zero-order valence-corrected chi connectivity index (χ0v) is 15.4. The number of hydrogen-bond acceptors (Lipinski definition) is 6. The fourth-order valence-corrected chi connectivity index (χ4v) is 3.42. The Morgan fingerprint density at radius 1 is 0.964 bits per heavy atom. The summed E-state index contributed by atoms with van der Waals surface area (Å²) in [6.45, 7) is 0. The Morgan fingerprint density at radius 2 is 1.79 bits per heavy atom. The third-order valence-electron chi connectivity index (χ3n) is 4.58. The van der Waals surface area contributed by atoms with Gasteiger partial charge in [0.1, 0.15) is 6.33 Å². The van der Waals surface area contributed by atoms with E-state index < -0.39 is 0 Å². The Kier molecular flexibility index (Phi) is 3.99. The maximum absolute atomic E-state index is 5.22. The molecule has 2 aromatic carbocycles. The van der Waals surface area contributed by atoms with Gasteiger partial charge in [-0.25, -0.2) is 4.98 Å². The van der Waals surface area contributed by atoms with Crippen LogP contribution in [-0.4, -0.2) is 40.2 Å². The Bertz CT molecular complexity index is 1300. The molecule has 3 aromatic heterocycles. The molecule has 0 atom stereocenters. The second-order valence-electron chi connectivity index (χ2n) is 6.30. The number of tetrazole rings is 1. The molecule has 5 rings (SSSR count). The number of benzene rings is 2. The molecule has 0 amide bonds. The van der Waals surface area contributed by atoms with Crippen LogP contribution < -0.4 is 0 Å². The lowest BCUT2D eigenvalue weighted by atomic mass is 9.97. The van der Waals surface area contributed by atoms with Crippen LogP contribution in [0.4, 0.5) is 0 Å². The maximum atomic E-state index is 5.22. The molecule has 0 bridgehead atoms. The highest BCUT2D eigenvalue weighted by Crippen LogP contribution is 2.30. The van der Waals surface area contributed by atoms with E-state index in [0.717, 1.165) is 33.5 Å². The van der Waals surface area contributed by atoms with Crippen molar-refractivity contribution >= 4 is 17.9 Å². The minimum atomic E-state index is 0.540. The number of H-pyrrole nitrogens is 2. The van der Waals surface area contributed by atoms with Crippen LogP contribution in [0.1, 0.15) is 11.1 Å². The molecule has 3 heterocycles. The lowest BCUT2D eigenvalue weighted by molar-refractivity contribution is 0.881. The molecule has 0 aliphatic carbocycles. The van der Waals surface area contributed by atoms with Crippen LogP contribution in [0.3, 0.4) is 0 Å². The van der Waals surface area contributed by atoms with Gasteiger partial charge in [0.2, 0.25) is 10.6 Å². The standard InChI is InChI=1S/C19H14N8S/c28-19-24-23-18-14(10-20-11-27(18)19)9-12-5-7-13(8-6-12)15-3-1-2-4-16(15)17-21-25-26-22-17/h1-8,10-11H,9H2,(H,24,28)(H,21,22,25,26). The van der Waals surface area contributed by atoms with Crippen molar-refractivity contribution in [3.05, 3.63) is 77.0 Å². The summed E-state index contributed by atoms with van der Waals surface area (Å²) in [5, 5.41) is 21.5. The van der Waals surface area contributed by atoms with Gasteiger partial charge in [0.05, 0.1) is 0 Å². The molecule has 0 radical (unpaired) electrons. The monoisotopic (exact) mass is 386 g/mol. The van der Waals surface area contributed by atoms with Gasteiger partial charge in [-0.05, 0) is 34.1 Å². The molecule has 2 N–H and O–H groups in total. The van der Waals surface area contributed by atoms with E-state index in [9.17, 15) is 0 Å². The molecule has 28 heavy (non-hydrogen) atoms. The first-order valence-electron chi connectivity index (χ1n) is 8.61. The third-order valence-corrected chi connectivity index (χ3v) is 4.86. The fraction of sp³-hybridized carbons (Fsp3) is 0.0526. The highest BCUT2D eigenvalue weighted by atomic mass is 32.1. The van der Waals surface area contributed by atoms with Crippen LogP contribution in [0.15, 0.2) is 61.1 Å².